The molecule has 1 aliphatic heterocycles. The Labute approximate surface area is 136 Å². The second kappa shape index (κ2) is 5.06. The topological polar surface area (TPSA) is 76.8 Å². The van der Waals surface area contributed by atoms with Crippen LogP contribution < -0.4 is 0 Å². The predicted octanol–water partition coefficient (Wildman–Crippen LogP) is 3.11. The van der Waals surface area contributed by atoms with E-state index in [0.717, 1.165) is 5.56 Å². The summed E-state index contributed by atoms with van der Waals surface area (Å²) in [5.74, 6) is -2.14. The molecular weight excluding hydrogens is 310 g/mol. The van der Waals surface area contributed by atoms with E-state index in [9.17, 15) is 14.4 Å². The molecule has 3 aromatic rings. The summed E-state index contributed by atoms with van der Waals surface area (Å²) < 4.78 is 5.32. The van der Waals surface area contributed by atoms with Gasteiger partial charge < -0.3 is 9.25 Å². The molecule has 6 nitrogen and oxygen atoms in total. The van der Waals surface area contributed by atoms with Gasteiger partial charge in [-0.3, -0.25) is 9.59 Å². The summed E-state index contributed by atoms with van der Waals surface area (Å²) in [7, 11) is 0. The molecular formula is C18H11NO5. The first-order valence-electron chi connectivity index (χ1n) is 7.24. The van der Waals surface area contributed by atoms with E-state index in [1.54, 1.807) is 24.3 Å². The second-order valence-corrected chi connectivity index (χ2v) is 5.48. The van der Waals surface area contributed by atoms with E-state index in [0.29, 0.717) is 16.0 Å². The number of amides is 2. The molecule has 6 heteroatoms. The lowest BCUT2D eigenvalue weighted by Crippen LogP contribution is -2.32. The zero-order valence-corrected chi connectivity index (χ0v) is 12.6. The Morgan fingerprint density at radius 1 is 1.04 bits per heavy atom. The summed E-state index contributed by atoms with van der Waals surface area (Å²) in [6.45, 7) is 1.88. The van der Waals surface area contributed by atoms with Crippen LogP contribution in [0.15, 0.2) is 53.1 Å². The number of furan rings is 1. The summed E-state index contributed by atoms with van der Waals surface area (Å²) in [5, 5.41) is 1.05. The fourth-order valence-corrected chi connectivity index (χ4v) is 2.68. The molecule has 0 bridgehead atoms. The molecule has 0 N–H and O–H groups in total. The lowest BCUT2D eigenvalue weighted by molar-refractivity contribution is -0.0583. The van der Waals surface area contributed by atoms with Crippen LogP contribution in [0, 0.1) is 6.92 Å². The molecule has 118 valence electrons. The molecule has 2 heterocycles. The van der Waals surface area contributed by atoms with Gasteiger partial charge in [0.15, 0.2) is 0 Å². The Kier molecular flexibility index (Phi) is 2.99. The van der Waals surface area contributed by atoms with Crippen LogP contribution in [0.5, 0.6) is 0 Å². The fraction of sp³-hybridized carbons (Fsp3) is 0.0556. The summed E-state index contributed by atoms with van der Waals surface area (Å²) in [6, 6.07) is 11.7. The normalized spacial score (nSPS) is 13.5. The number of fused-ring (bicyclic) bond motifs is 2. The van der Waals surface area contributed by atoms with Gasteiger partial charge in [-0.25, -0.2) is 4.79 Å². The average Bonchev–Trinajstić information content (AvgIpc) is 3.10. The van der Waals surface area contributed by atoms with Crippen molar-refractivity contribution in [3.8, 4) is 0 Å². The van der Waals surface area contributed by atoms with Gasteiger partial charge in [0.1, 0.15) is 17.4 Å². The highest BCUT2D eigenvalue weighted by atomic mass is 16.7. The first-order valence-corrected chi connectivity index (χ1v) is 7.24. The molecule has 0 fully saturated rings. The number of hydrogen-bond acceptors (Lipinski definition) is 5. The SMILES string of the molecule is Cc1ccc2occ(C(=O)ON3C(=O)c4ccccc4C3=O)c2c1. The van der Waals surface area contributed by atoms with Gasteiger partial charge >= 0.3 is 5.97 Å². The van der Waals surface area contributed by atoms with E-state index in [-0.39, 0.29) is 16.7 Å². The minimum absolute atomic E-state index is 0.158. The van der Waals surface area contributed by atoms with Crippen molar-refractivity contribution in [1.82, 2.24) is 5.06 Å². The van der Waals surface area contributed by atoms with Crippen molar-refractivity contribution in [2.75, 3.05) is 0 Å². The average molecular weight is 321 g/mol. The van der Waals surface area contributed by atoms with Gasteiger partial charge in [0.25, 0.3) is 11.8 Å². The third-order valence-corrected chi connectivity index (χ3v) is 3.88. The van der Waals surface area contributed by atoms with Gasteiger partial charge in [-0.05, 0) is 31.2 Å². The quantitative estimate of drug-likeness (QED) is 0.678. The van der Waals surface area contributed by atoms with Gasteiger partial charge in [-0.2, -0.15) is 0 Å². The molecule has 24 heavy (non-hydrogen) atoms. The maximum atomic E-state index is 12.4. The Hall–Kier alpha value is -3.41. The zero-order valence-electron chi connectivity index (χ0n) is 12.6. The van der Waals surface area contributed by atoms with Gasteiger partial charge in [0, 0.05) is 5.39 Å². The van der Waals surface area contributed by atoms with Crippen LogP contribution >= 0.6 is 0 Å². The largest absolute Gasteiger partial charge is 0.463 e. The monoisotopic (exact) mass is 321 g/mol. The molecule has 2 aromatic carbocycles. The maximum absolute atomic E-state index is 12.4. The van der Waals surface area contributed by atoms with Crippen LogP contribution in [0.25, 0.3) is 11.0 Å². The number of hydroxylamine groups is 2. The minimum Gasteiger partial charge on any atom is -0.463 e. The van der Waals surface area contributed by atoms with Gasteiger partial charge in [-0.15, -0.1) is 0 Å². The fourth-order valence-electron chi connectivity index (χ4n) is 2.68. The maximum Gasteiger partial charge on any atom is 0.367 e. The van der Waals surface area contributed by atoms with Crippen LogP contribution in [-0.2, 0) is 4.84 Å². The molecule has 0 saturated carbocycles. The number of imide groups is 1. The summed E-state index contributed by atoms with van der Waals surface area (Å²) in [6.07, 6.45) is 1.25. The van der Waals surface area contributed by atoms with E-state index in [4.69, 9.17) is 9.25 Å². The lowest BCUT2D eigenvalue weighted by atomic mass is 10.1. The molecule has 0 unspecified atom stereocenters. The Balaban J connectivity index is 1.66. The number of nitrogens with zero attached hydrogens (tertiary/aromatic N) is 1. The van der Waals surface area contributed by atoms with E-state index in [2.05, 4.69) is 0 Å². The minimum atomic E-state index is -0.825. The molecule has 0 aliphatic carbocycles. The second-order valence-electron chi connectivity index (χ2n) is 5.48. The van der Waals surface area contributed by atoms with Gasteiger partial charge in [-0.1, -0.05) is 28.8 Å². The molecule has 0 spiro atoms. The molecule has 2 amide bonds. The molecule has 1 aliphatic rings. The van der Waals surface area contributed by atoms with Crippen LogP contribution in [0.4, 0.5) is 0 Å². The van der Waals surface area contributed by atoms with Crippen molar-refractivity contribution < 1.29 is 23.6 Å². The van der Waals surface area contributed by atoms with Crippen molar-refractivity contribution in [2.45, 2.75) is 6.92 Å². The predicted molar refractivity (Wildman–Crippen MR) is 83.3 cm³/mol. The van der Waals surface area contributed by atoms with Crippen LogP contribution in [0.3, 0.4) is 0 Å². The Morgan fingerprint density at radius 2 is 1.71 bits per heavy atom. The van der Waals surface area contributed by atoms with Crippen LogP contribution in [-0.4, -0.2) is 22.8 Å². The first kappa shape index (κ1) is 14.2. The van der Waals surface area contributed by atoms with Crippen molar-refractivity contribution in [3.63, 3.8) is 0 Å². The highest BCUT2D eigenvalue weighted by Crippen LogP contribution is 2.26. The van der Waals surface area contributed by atoms with E-state index < -0.39 is 17.8 Å². The summed E-state index contributed by atoms with van der Waals surface area (Å²) in [4.78, 5) is 41.9. The van der Waals surface area contributed by atoms with E-state index in [1.807, 2.05) is 13.0 Å². The lowest BCUT2D eigenvalue weighted by Gasteiger charge is -2.11. The highest BCUT2D eigenvalue weighted by molar-refractivity contribution is 6.21. The molecule has 0 radical (unpaired) electrons. The standard InChI is InChI=1S/C18H11NO5/c1-10-6-7-15-13(8-10)14(9-23-15)18(22)24-19-16(20)11-4-2-3-5-12(11)17(19)21/h2-9H,1H3. The highest BCUT2D eigenvalue weighted by Gasteiger charge is 2.39. The molecule has 4 rings (SSSR count). The number of benzene rings is 2. The third kappa shape index (κ3) is 2.00. The van der Waals surface area contributed by atoms with Crippen molar-refractivity contribution in [3.05, 3.63) is 71.0 Å². The Bertz CT molecular complexity index is 982. The number of carbonyl (C=O) groups is 3. The Morgan fingerprint density at radius 3 is 2.38 bits per heavy atom. The van der Waals surface area contributed by atoms with Gasteiger partial charge in [0.05, 0.1) is 11.1 Å². The number of aryl methyl sites for hydroxylation is 1. The molecule has 0 atom stereocenters. The zero-order chi connectivity index (χ0) is 16.8. The van der Waals surface area contributed by atoms with Crippen molar-refractivity contribution in [1.29, 1.82) is 0 Å². The van der Waals surface area contributed by atoms with Crippen LogP contribution in [0.2, 0.25) is 0 Å². The molecule has 0 saturated heterocycles. The number of hydrogen-bond donors (Lipinski definition) is 0. The summed E-state index contributed by atoms with van der Waals surface area (Å²) >= 11 is 0. The smallest absolute Gasteiger partial charge is 0.367 e. The van der Waals surface area contributed by atoms with E-state index in [1.165, 1.54) is 18.4 Å². The van der Waals surface area contributed by atoms with E-state index >= 15 is 0 Å². The van der Waals surface area contributed by atoms with Crippen molar-refractivity contribution >= 4 is 28.8 Å². The van der Waals surface area contributed by atoms with Gasteiger partial charge in [0.2, 0.25) is 0 Å². The van der Waals surface area contributed by atoms with Crippen LogP contribution in [0.1, 0.15) is 36.6 Å². The number of rotatable bonds is 2. The summed E-state index contributed by atoms with van der Waals surface area (Å²) in [5.41, 5.74) is 2.05. The first-order chi connectivity index (χ1) is 11.6. The molecule has 1 aromatic heterocycles. The number of carbonyl (C=O) groups excluding carboxylic acids is 3. The van der Waals surface area contributed by atoms with Crippen molar-refractivity contribution in [2.24, 2.45) is 0 Å². The third-order valence-electron chi connectivity index (χ3n) is 3.88.